The lowest BCUT2D eigenvalue weighted by Gasteiger charge is -2.64. The topological polar surface area (TPSA) is 80.9 Å². The Morgan fingerprint density at radius 1 is 1.07 bits per heavy atom. The summed E-state index contributed by atoms with van der Waals surface area (Å²) in [7, 11) is 0. The Labute approximate surface area is 173 Å². The molecule has 4 nitrogen and oxygen atoms in total. The molecule has 5 saturated carbocycles. The molecule has 158 valence electrons. The van der Waals surface area contributed by atoms with Gasteiger partial charge in [-0.15, -0.1) is 0 Å². The Balaban J connectivity index is 1.44. The maximum Gasteiger partial charge on any atom is 0.134 e. The van der Waals surface area contributed by atoms with Crippen LogP contribution in [0.1, 0.15) is 52.9 Å². The average molecular weight is 399 g/mol. The lowest BCUT2D eigenvalue weighted by molar-refractivity contribution is -0.202. The highest BCUT2D eigenvalue weighted by molar-refractivity contribution is 5.48. The Morgan fingerprint density at radius 2 is 1.79 bits per heavy atom. The van der Waals surface area contributed by atoms with Gasteiger partial charge in [0, 0.05) is 29.1 Å². The van der Waals surface area contributed by atoms with Crippen molar-refractivity contribution in [1.82, 2.24) is 0 Å². The standard InChI is InChI=1S/C25H34O4/c1-13-18-20(13)24(28,7-4-10-26)23(3)9-6-16-19(21(18)23)15-11-17(15)25(29)12-14(27)5-8-22(16,25)2/h11,13-16,18-21,26-29H,5-6,8-10,12H2,1-3H3/t13-,14-,15-,16?,18+,19?,20-,21?,22+,23-,24-,25+/m0/s1. The number of allylic oxidation sites excluding steroid dienone is 1. The normalized spacial score (nSPS) is 63.6. The molecule has 0 saturated heterocycles. The molecule has 3 unspecified atom stereocenters. The van der Waals surface area contributed by atoms with Crippen molar-refractivity contribution in [1.29, 1.82) is 0 Å². The fourth-order valence-corrected chi connectivity index (χ4v) is 9.48. The summed E-state index contributed by atoms with van der Waals surface area (Å²) in [6.07, 6.45) is 5.93. The third-order valence-corrected chi connectivity index (χ3v) is 11.0. The Morgan fingerprint density at radius 3 is 2.52 bits per heavy atom. The molecule has 6 aliphatic carbocycles. The average Bonchev–Trinajstić information content (AvgIpc) is 3.56. The van der Waals surface area contributed by atoms with Gasteiger partial charge in [-0.3, -0.25) is 0 Å². The molecule has 0 heterocycles. The van der Waals surface area contributed by atoms with Gasteiger partial charge in [-0.05, 0) is 60.8 Å². The second-order valence-electron chi connectivity index (χ2n) is 11.7. The highest BCUT2D eigenvalue weighted by Crippen LogP contribution is 2.81. The lowest BCUT2D eigenvalue weighted by atomic mass is 9.42. The van der Waals surface area contributed by atoms with E-state index in [1.165, 1.54) is 5.57 Å². The van der Waals surface area contributed by atoms with E-state index in [4.69, 9.17) is 0 Å². The number of hydrogen-bond acceptors (Lipinski definition) is 4. The zero-order valence-corrected chi connectivity index (χ0v) is 17.7. The third-order valence-electron chi connectivity index (χ3n) is 11.0. The number of aliphatic hydroxyl groups excluding tert-OH is 2. The van der Waals surface area contributed by atoms with E-state index >= 15 is 0 Å². The van der Waals surface area contributed by atoms with Crippen molar-refractivity contribution in [3.8, 4) is 11.8 Å². The summed E-state index contributed by atoms with van der Waals surface area (Å²) in [5, 5.41) is 43.3. The number of aliphatic hydroxyl groups is 4. The van der Waals surface area contributed by atoms with Gasteiger partial charge in [0.05, 0.1) is 11.7 Å². The lowest BCUT2D eigenvalue weighted by Crippen LogP contribution is -2.65. The molecule has 0 bridgehead atoms. The third kappa shape index (κ3) is 1.90. The highest BCUT2D eigenvalue weighted by atomic mass is 16.3. The molecule has 0 spiro atoms. The van der Waals surface area contributed by atoms with Gasteiger partial charge >= 0.3 is 0 Å². The van der Waals surface area contributed by atoms with Crippen LogP contribution in [0.2, 0.25) is 0 Å². The first kappa shape index (κ1) is 18.9. The molecule has 12 atom stereocenters. The maximum absolute atomic E-state index is 11.8. The van der Waals surface area contributed by atoms with Gasteiger partial charge in [-0.2, -0.15) is 0 Å². The second kappa shape index (κ2) is 5.30. The molecular weight excluding hydrogens is 364 g/mol. The van der Waals surface area contributed by atoms with Gasteiger partial charge in [-0.1, -0.05) is 38.7 Å². The van der Waals surface area contributed by atoms with E-state index in [1.807, 2.05) is 0 Å². The molecular formula is C25H34O4. The van der Waals surface area contributed by atoms with Crippen LogP contribution < -0.4 is 0 Å². The number of fused-ring (bicyclic) bond motifs is 10. The molecule has 0 aliphatic heterocycles. The first-order chi connectivity index (χ1) is 13.6. The molecule has 4 heteroatoms. The van der Waals surface area contributed by atoms with Gasteiger partial charge in [-0.25, -0.2) is 0 Å². The first-order valence-electron chi connectivity index (χ1n) is 11.6. The predicted octanol–water partition coefficient (Wildman–Crippen LogP) is 2.11. The molecule has 6 rings (SSSR count). The molecule has 0 aromatic carbocycles. The predicted molar refractivity (Wildman–Crippen MR) is 108 cm³/mol. The fourth-order valence-electron chi connectivity index (χ4n) is 9.48. The molecule has 0 radical (unpaired) electrons. The van der Waals surface area contributed by atoms with E-state index in [2.05, 4.69) is 38.7 Å². The molecule has 6 aliphatic rings. The molecule has 0 amide bonds. The van der Waals surface area contributed by atoms with Crippen molar-refractivity contribution in [2.45, 2.75) is 70.2 Å². The Hall–Kier alpha value is -0.860. The summed E-state index contributed by atoms with van der Waals surface area (Å²) in [6, 6.07) is 0. The van der Waals surface area contributed by atoms with Crippen molar-refractivity contribution in [3.05, 3.63) is 11.6 Å². The monoisotopic (exact) mass is 398 g/mol. The van der Waals surface area contributed by atoms with Gasteiger partial charge in [0.2, 0.25) is 0 Å². The molecule has 4 N–H and O–H groups in total. The zero-order chi connectivity index (χ0) is 20.6. The maximum atomic E-state index is 11.8. The number of hydrogen-bond donors (Lipinski definition) is 4. The van der Waals surface area contributed by atoms with Gasteiger partial charge in [0.15, 0.2) is 0 Å². The van der Waals surface area contributed by atoms with Crippen LogP contribution in [-0.4, -0.2) is 44.3 Å². The minimum atomic E-state index is -1.01. The summed E-state index contributed by atoms with van der Waals surface area (Å²) >= 11 is 0. The van der Waals surface area contributed by atoms with E-state index in [-0.39, 0.29) is 23.4 Å². The Kier molecular flexibility index (Phi) is 3.45. The summed E-state index contributed by atoms with van der Waals surface area (Å²) in [4.78, 5) is 0. The van der Waals surface area contributed by atoms with Gasteiger partial charge in [0.1, 0.15) is 12.2 Å². The molecule has 0 aromatic heterocycles. The summed E-state index contributed by atoms with van der Waals surface area (Å²) in [5.41, 5.74) is -1.14. The second-order valence-corrected chi connectivity index (χ2v) is 11.7. The van der Waals surface area contributed by atoms with Crippen LogP contribution in [0.3, 0.4) is 0 Å². The molecule has 29 heavy (non-hydrogen) atoms. The van der Waals surface area contributed by atoms with Crippen molar-refractivity contribution in [2.75, 3.05) is 6.61 Å². The minimum absolute atomic E-state index is 0.192. The molecule has 5 fully saturated rings. The van der Waals surface area contributed by atoms with Crippen molar-refractivity contribution >= 4 is 0 Å². The van der Waals surface area contributed by atoms with Crippen LogP contribution in [0.5, 0.6) is 0 Å². The van der Waals surface area contributed by atoms with E-state index in [0.29, 0.717) is 41.9 Å². The summed E-state index contributed by atoms with van der Waals surface area (Å²) in [6.45, 7) is 6.57. The Bertz CT molecular complexity index is 870. The van der Waals surface area contributed by atoms with Crippen molar-refractivity contribution < 1.29 is 20.4 Å². The number of rotatable bonds is 0. The van der Waals surface area contributed by atoms with Gasteiger partial charge < -0.3 is 20.4 Å². The highest BCUT2D eigenvalue weighted by Gasteiger charge is 2.81. The smallest absolute Gasteiger partial charge is 0.134 e. The van der Waals surface area contributed by atoms with Crippen molar-refractivity contribution in [2.24, 2.45) is 52.3 Å². The quantitative estimate of drug-likeness (QED) is 0.372. The van der Waals surface area contributed by atoms with E-state index in [0.717, 1.165) is 25.7 Å². The van der Waals surface area contributed by atoms with E-state index < -0.39 is 17.3 Å². The van der Waals surface area contributed by atoms with Crippen LogP contribution in [0.4, 0.5) is 0 Å². The van der Waals surface area contributed by atoms with Gasteiger partial charge in [0.25, 0.3) is 0 Å². The largest absolute Gasteiger partial charge is 0.393 e. The SMILES string of the molecule is C[C@H]1[C@H]2C3C4C(CC[C@]3(C)[C@](O)(C#CCO)[C@@H]12)[C@@]1(C)CC[C@H](O)C[C@@]1(O)C1=C[C@@H]14. The van der Waals surface area contributed by atoms with Crippen molar-refractivity contribution in [3.63, 3.8) is 0 Å². The van der Waals surface area contributed by atoms with E-state index in [1.54, 1.807) is 0 Å². The van der Waals surface area contributed by atoms with Crippen LogP contribution >= 0.6 is 0 Å². The van der Waals surface area contributed by atoms with Crippen LogP contribution in [0.15, 0.2) is 11.6 Å². The van der Waals surface area contributed by atoms with Crippen LogP contribution in [-0.2, 0) is 0 Å². The molecule has 0 aromatic rings. The first-order valence-corrected chi connectivity index (χ1v) is 11.6. The zero-order valence-electron chi connectivity index (χ0n) is 17.7. The van der Waals surface area contributed by atoms with E-state index in [9.17, 15) is 20.4 Å². The summed E-state index contributed by atoms with van der Waals surface area (Å²) < 4.78 is 0. The minimum Gasteiger partial charge on any atom is -0.393 e. The van der Waals surface area contributed by atoms with Crippen LogP contribution in [0, 0.1) is 64.1 Å². The van der Waals surface area contributed by atoms with Crippen LogP contribution in [0.25, 0.3) is 0 Å². The summed E-state index contributed by atoms with van der Waals surface area (Å²) in [5.74, 6) is 8.72. The fraction of sp³-hybridized carbons (Fsp3) is 0.840.